The second-order valence-electron chi connectivity index (χ2n) is 3.81. The van der Waals surface area contributed by atoms with Crippen molar-refractivity contribution in [3.63, 3.8) is 0 Å². The van der Waals surface area contributed by atoms with Gasteiger partial charge in [0.25, 0.3) is 0 Å². The van der Waals surface area contributed by atoms with E-state index in [1.807, 2.05) is 44.2 Å². The van der Waals surface area contributed by atoms with Gasteiger partial charge in [-0.1, -0.05) is 44.2 Å². The molecule has 0 aliphatic rings. The van der Waals surface area contributed by atoms with E-state index in [9.17, 15) is 9.46 Å². The molecule has 16 heavy (non-hydrogen) atoms. The Balaban J connectivity index is 3.33. The molecule has 1 aromatic carbocycles. The van der Waals surface area contributed by atoms with Crippen molar-refractivity contribution in [3.05, 3.63) is 35.9 Å². The smallest absolute Gasteiger partial charge is 0.324 e. The monoisotopic (exact) mass is 242 g/mol. The van der Waals surface area contributed by atoms with E-state index >= 15 is 0 Å². The van der Waals surface area contributed by atoms with Gasteiger partial charge >= 0.3 is 7.60 Å². The van der Waals surface area contributed by atoms with Gasteiger partial charge in [0.15, 0.2) is 0 Å². The molecule has 0 radical (unpaired) electrons. The Labute approximate surface area is 97.0 Å². The van der Waals surface area contributed by atoms with Crippen molar-refractivity contribution in [2.24, 2.45) is 0 Å². The Hall–Kier alpha value is -0.630. The Kier molecular flexibility index (Phi) is 4.31. The lowest BCUT2D eigenvalue weighted by molar-refractivity contribution is 0.272. The van der Waals surface area contributed by atoms with Crippen molar-refractivity contribution in [2.45, 2.75) is 31.8 Å². The largest absolute Gasteiger partial charge is 0.338 e. The summed E-state index contributed by atoms with van der Waals surface area (Å²) in [6.07, 6.45) is 1.16. The molecule has 0 bridgehead atoms. The maximum absolute atomic E-state index is 12.2. The summed E-state index contributed by atoms with van der Waals surface area (Å²) < 4.78 is 17.1. The molecule has 4 heteroatoms. The van der Waals surface area contributed by atoms with Crippen molar-refractivity contribution < 1.29 is 14.0 Å². The van der Waals surface area contributed by atoms with Crippen LogP contribution < -0.4 is 0 Å². The third-order valence-corrected chi connectivity index (χ3v) is 5.74. The summed E-state index contributed by atoms with van der Waals surface area (Å²) in [6.45, 7) is 3.83. The summed E-state index contributed by atoms with van der Waals surface area (Å²) >= 11 is 0. The highest BCUT2D eigenvalue weighted by molar-refractivity contribution is 7.54. The fourth-order valence-corrected chi connectivity index (χ4v) is 3.77. The minimum Gasteiger partial charge on any atom is -0.324 e. The third-order valence-electron chi connectivity index (χ3n) is 3.27. The van der Waals surface area contributed by atoms with Gasteiger partial charge < -0.3 is 9.42 Å². The van der Waals surface area contributed by atoms with E-state index in [1.54, 1.807) is 0 Å². The summed E-state index contributed by atoms with van der Waals surface area (Å²) in [5.41, 5.74) is 0.868. The first-order chi connectivity index (χ1) is 7.54. The van der Waals surface area contributed by atoms with Crippen molar-refractivity contribution in [2.75, 3.05) is 7.11 Å². The zero-order valence-corrected chi connectivity index (χ0v) is 10.9. The SMILES string of the molecule is CCC(CC)(c1ccccc1)P(=O)(O)OC. The van der Waals surface area contributed by atoms with Crippen LogP contribution in [0.15, 0.2) is 30.3 Å². The number of hydrogen-bond acceptors (Lipinski definition) is 2. The van der Waals surface area contributed by atoms with Crippen LogP contribution in [-0.2, 0) is 14.2 Å². The fraction of sp³-hybridized carbons (Fsp3) is 0.500. The normalized spacial score (nSPS) is 15.8. The predicted octanol–water partition coefficient (Wildman–Crippen LogP) is 3.53. The Morgan fingerprint density at radius 3 is 2.12 bits per heavy atom. The topological polar surface area (TPSA) is 46.5 Å². The molecule has 0 aliphatic carbocycles. The third kappa shape index (κ3) is 2.08. The van der Waals surface area contributed by atoms with E-state index in [0.29, 0.717) is 12.8 Å². The predicted molar refractivity (Wildman–Crippen MR) is 65.5 cm³/mol. The molecule has 0 fully saturated rings. The zero-order valence-electron chi connectivity index (χ0n) is 10.0. The van der Waals surface area contributed by atoms with Gasteiger partial charge in [0.2, 0.25) is 0 Å². The molecule has 0 amide bonds. The summed E-state index contributed by atoms with van der Waals surface area (Å²) in [5, 5.41) is -0.789. The van der Waals surface area contributed by atoms with Gasteiger partial charge in [-0.05, 0) is 18.4 Å². The quantitative estimate of drug-likeness (QED) is 0.803. The summed E-state index contributed by atoms with van der Waals surface area (Å²) in [6, 6.07) is 9.43. The lowest BCUT2D eigenvalue weighted by atomic mass is 9.93. The number of rotatable bonds is 5. The van der Waals surface area contributed by atoms with E-state index in [0.717, 1.165) is 5.56 Å². The molecule has 0 aliphatic heterocycles. The fourth-order valence-electron chi connectivity index (χ4n) is 2.14. The van der Waals surface area contributed by atoms with E-state index in [2.05, 4.69) is 0 Å². The van der Waals surface area contributed by atoms with Crippen molar-refractivity contribution in [1.29, 1.82) is 0 Å². The van der Waals surface area contributed by atoms with Crippen LogP contribution >= 0.6 is 7.60 Å². The molecular formula is C12H19O3P. The van der Waals surface area contributed by atoms with Gasteiger partial charge in [-0.15, -0.1) is 0 Å². The van der Waals surface area contributed by atoms with Gasteiger partial charge in [0.05, 0.1) is 5.16 Å². The van der Waals surface area contributed by atoms with E-state index in [1.165, 1.54) is 7.11 Å². The Morgan fingerprint density at radius 1 is 1.25 bits per heavy atom. The van der Waals surface area contributed by atoms with Crippen LogP contribution in [0.25, 0.3) is 0 Å². The van der Waals surface area contributed by atoms with Crippen LogP contribution in [0, 0.1) is 0 Å². The summed E-state index contributed by atoms with van der Waals surface area (Å²) in [5.74, 6) is 0. The van der Waals surface area contributed by atoms with Crippen LogP contribution in [0.2, 0.25) is 0 Å². The van der Waals surface area contributed by atoms with Crippen LogP contribution in [0.4, 0.5) is 0 Å². The van der Waals surface area contributed by atoms with Crippen LogP contribution in [0.3, 0.4) is 0 Å². The summed E-state index contributed by atoms with van der Waals surface area (Å²) in [4.78, 5) is 10.0. The first-order valence-corrected chi connectivity index (χ1v) is 7.06. The zero-order chi connectivity index (χ0) is 12.2. The van der Waals surface area contributed by atoms with Crippen molar-refractivity contribution >= 4 is 7.60 Å². The van der Waals surface area contributed by atoms with Gasteiger partial charge in [-0.2, -0.15) is 0 Å². The molecule has 1 rings (SSSR count). The Bertz CT molecular complexity index is 371. The molecule has 0 spiro atoms. The lowest BCUT2D eigenvalue weighted by Gasteiger charge is -2.34. The maximum atomic E-state index is 12.2. The lowest BCUT2D eigenvalue weighted by Crippen LogP contribution is -2.25. The van der Waals surface area contributed by atoms with Gasteiger partial charge in [0.1, 0.15) is 0 Å². The first kappa shape index (κ1) is 13.4. The minimum absolute atomic E-state index is 0.579. The van der Waals surface area contributed by atoms with Crippen molar-refractivity contribution in [1.82, 2.24) is 0 Å². The highest BCUT2D eigenvalue weighted by Crippen LogP contribution is 2.63. The van der Waals surface area contributed by atoms with Gasteiger partial charge in [-0.3, -0.25) is 4.57 Å². The molecule has 0 saturated heterocycles. The molecule has 1 atom stereocenters. The van der Waals surface area contributed by atoms with Gasteiger partial charge in [0, 0.05) is 7.11 Å². The molecule has 0 saturated carbocycles. The molecule has 0 aromatic heterocycles. The molecule has 1 N–H and O–H groups in total. The molecule has 1 unspecified atom stereocenters. The Morgan fingerprint density at radius 2 is 1.75 bits per heavy atom. The highest BCUT2D eigenvalue weighted by atomic mass is 31.2. The minimum atomic E-state index is -3.64. The van der Waals surface area contributed by atoms with E-state index < -0.39 is 12.8 Å². The van der Waals surface area contributed by atoms with E-state index in [4.69, 9.17) is 4.52 Å². The van der Waals surface area contributed by atoms with E-state index in [-0.39, 0.29) is 0 Å². The van der Waals surface area contributed by atoms with Crippen LogP contribution in [0.1, 0.15) is 32.3 Å². The number of benzene rings is 1. The second-order valence-corrected chi connectivity index (χ2v) is 6.07. The highest BCUT2D eigenvalue weighted by Gasteiger charge is 2.46. The number of hydrogen-bond donors (Lipinski definition) is 1. The standard InChI is InChI=1S/C12H19O3P/c1-4-12(5-2,16(13,14)15-3)11-9-7-6-8-10-11/h6-10H,4-5H2,1-3H3,(H,13,14). The molecule has 90 valence electrons. The maximum Gasteiger partial charge on any atom is 0.338 e. The first-order valence-electron chi connectivity index (χ1n) is 5.48. The molecular weight excluding hydrogens is 223 g/mol. The molecule has 0 heterocycles. The average Bonchev–Trinajstić information content (AvgIpc) is 2.32. The summed E-state index contributed by atoms with van der Waals surface area (Å²) in [7, 11) is -2.34. The average molecular weight is 242 g/mol. The molecule has 3 nitrogen and oxygen atoms in total. The van der Waals surface area contributed by atoms with Crippen LogP contribution in [0.5, 0.6) is 0 Å². The van der Waals surface area contributed by atoms with Gasteiger partial charge in [-0.25, -0.2) is 0 Å². The van der Waals surface area contributed by atoms with Crippen LogP contribution in [-0.4, -0.2) is 12.0 Å². The molecule has 1 aromatic rings. The second kappa shape index (κ2) is 5.13. The van der Waals surface area contributed by atoms with Crippen molar-refractivity contribution in [3.8, 4) is 0 Å².